The number of para-hydroxylation sites is 8. The summed E-state index contributed by atoms with van der Waals surface area (Å²) < 4.78 is 0. The molecule has 0 amide bonds. The Morgan fingerprint density at radius 2 is 0.489 bits per heavy atom. The van der Waals surface area contributed by atoms with Crippen LogP contribution >= 0.6 is 0 Å². The topological polar surface area (TPSA) is 19.4 Å². The van der Waals surface area contributed by atoms with Crippen LogP contribution < -0.4 is 62.2 Å². The number of rotatable bonds is 10. The van der Waals surface area contributed by atoms with E-state index >= 15 is 0 Å². The largest absolute Gasteiger partial charge is 0.311 e. The molecular formula is C86H70B2N6. The zero-order valence-electron chi connectivity index (χ0n) is 53.9. The van der Waals surface area contributed by atoms with Crippen LogP contribution in [0.15, 0.2) is 315 Å². The molecule has 0 unspecified atom stereocenters. The van der Waals surface area contributed by atoms with Crippen LogP contribution in [0.3, 0.4) is 0 Å². The highest BCUT2D eigenvalue weighted by Gasteiger charge is 2.49. The summed E-state index contributed by atoms with van der Waals surface area (Å²) in [5.41, 5.74) is 30.0. The van der Waals surface area contributed by atoms with Crippen LogP contribution in [0, 0.1) is 0 Å². The highest BCUT2D eigenvalue weighted by molar-refractivity contribution is 7.03. The molecule has 0 saturated carbocycles. The third kappa shape index (κ3) is 9.33. The number of hydrogen-bond donors (Lipinski definition) is 0. The van der Waals surface area contributed by atoms with E-state index in [1.165, 1.54) is 43.9 Å². The quantitative estimate of drug-likeness (QED) is 0.126. The van der Waals surface area contributed by atoms with E-state index in [1.54, 1.807) is 0 Å². The van der Waals surface area contributed by atoms with Gasteiger partial charge in [-0.1, -0.05) is 217 Å². The van der Waals surface area contributed by atoms with E-state index in [-0.39, 0.29) is 24.3 Å². The van der Waals surface area contributed by atoms with Crippen molar-refractivity contribution >= 4 is 149 Å². The molecule has 94 heavy (non-hydrogen) atoms. The molecule has 0 radical (unpaired) electrons. The zero-order chi connectivity index (χ0) is 63.4. The van der Waals surface area contributed by atoms with E-state index in [4.69, 9.17) is 0 Å². The van der Waals surface area contributed by atoms with Gasteiger partial charge < -0.3 is 29.4 Å². The Balaban J connectivity index is 1.01. The maximum Gasteiger partial charge on any atom is 0.252 e. The molecule has 4 heterocycles. The predicted molar refractivity (Wildman–Crippen MR) is 401 cm³/mol. The molecule has 4 aliphatic heterocycles. The Hall–Kier alpha value is -11.2. The van der Waals surface area contributed by atoms with Crippen molar-refractivity contribution in [1.82, 2.24) is 0 Å². The average Bonchev–Trinajstić information content (AvgIpc) is 0.692. The van der Waals surface area contributed by atoms with E-state index in [2.05, 4.69) is 386 Å². The average molecular weight is 1210 g/mol. The SMILES string of the molecule is CC(C)(C)c1ccc(N2c3cc4c(cc3B3c5ccccc5N(c5ccccc5)c5cc(N(c6ccccc6)c6ccccc6)cc2c53)B2c3ccccc3N(c3ccccc3)c3cc(N(c5ccccc5)c5ccccc5)cc(c32)N4c2ccc(C(C)(C)C)cc2)cc1. The second kappa shape index (κ2) is 22.3. The van der Waals surface area contributed by atoms with Crippen molar-refractivity contribution in [1.29, 1.82) is 0 Å². The number of fused-ring (bicyclic) bond motifs is 8. The van der Waals surface area contributed by atoms with Gasteiger partial charge in [0.05, 0.1) is 11.4 Å². The lowest BCUT2D eigenvalue weighted by atomic mass is 9.30. The fourth-order valence-electron chi connectivity index (χ4n) is 15.3. The summed E-state index contributed by atoms with van der Waals surface area (Å²) in [7, 11) is 0. The van der Waals surface area contributed by atoms with Gasteiger partial charge >= 0.3 is 0 Å². The van der Waals surface area contributed by atoms with Gasteiger partial charge in [0.1, 0.15) is 0 Å². The van der Waals surface area contributed by atoms with Crippen LogP contribution in [0.25, 0.3) is 0 Å². The van der Waals surface area contributed by atoms with Crippen LogP contribution in [0.2, 0.25) is 0 Å². The summed E-state index contributed by atoms with van der Waals surface area (Å²) in [6, 6.07) is 118. The first kappa shape index (κ1) is 56.7. The normalized spacial score (nSPS) is 13.3. The smallest absolute Gasteiger partial charge is 0.252 e. The fraction of sp³-hybridized carbons (Fsp3) is 0.0930. The third-order valence-corrected chi connectivity index (χ3v) is 19.6. The second-order valence-electron chi connectivity index (χ2n) is 27.4. The van der Waals surface area contributed by atoms with Crippen molar-refractivity contribution in [3.05, 3.63) is 327 Å². The minimum atomic E-state index is -0.171. The standard InChI is InChI=1S/C86H70B2N6/c1-85(2,3)59-45-49-67(50-46-59)93-77-58-78-74(57-73(77)87-71-41-25-27-43-75(71)91(65-37-21-11-22-38-65)79-53-69(55-81(93)83(79)87)89(61-29-13-7-14-30-61)62-31-15-8-16-32-62)88-72-42-26-28-44-76(72)92(66-39-23-12-24-40-66)80-54-70(90(63-33-17-9-18-34-63)64-35-19-10-20-36-64)56-82(84(80)88)94(78)68-51-47-60(48-52-68)86(4,5)6/h7-58H,1-6H3. The van der Waals surface area contributed by atoms with Crippen molar-refractivity contribution < 1.29 is 0 Å². The molecule has 450 valence electrons. The summed E-state index contributed by atoms with van der Waals surface area (Å²) >= 11 is 0. The van der Waals surface area contributed by atoms with Crippen LogP contribution in [0.4, 0.5) is 102 Å². The molecule has 8 heteroatoms. The highest BCUT2D eigenvalue weighted by Crippen LogP contribution is 2.53. The molecule has 6 nitrogen and oxygen atoms in total. The van der Waals surface area contributed by atoms with Crippen LogP contribution in [0.5, 0.6) is 0 Å². The van der Waals surface area contributed by atoms with Gasteiger partial charge in [0.2, 0.25) is 0 Å². The van der Waals surface area contributed by atoms with Crippen LogP contribution in [-0.4, -0.2) is 13.4 Å². The maximum absolute atomic E-state index is 2.65. The first-order chi connectivity index (χ1) is 45.9. The molecule has 4 aliphatic rings. The monoisotopic (exact) mass is 1210 g/mol. The van der Waals surface area contributed by atoms with Gasteiger partial charge in [-0.3, -0.25) is 0 Å². The van der Waals surface area contributed by atoms with Gasteiger partial charge in [0.15, 0.2) is 0 Å². The van der Waals surface area contributed by atoms with E-state index in [0.29, 0.717) is 0 Å². The summed E-state index contributed by atoms with van der Waals surface area (Å²) in [6.07, 6.45) is 0. The minimum Gasteiger partial charge on any atom is -0.311 e. The van der Waals surface area contributed by atoms with Crippen molar-refractivity contribution in [2.24, 2.45) is 0 Å². The minimum absolute atomic E-state index is 0.0650. The first-order valence-corrected chi connectivity index (χ1v) is 33.0. The molecule has 0 aromatic heterocycles. The lowest BCUT2D eigenvalue weighted by molar-refractivity contribution is 0.590. The van der Waals surface area contributed by atoms with Gasteiger partial charge in [-0.05, 0) is 194 Å². The molecule has 0 spiro atoms. The van der Waals surface area contributed by atoms with E-state index in [9.17, 15) is 0 Å². The molecule has 17 rings (SSSR count). The van der Waals surface area contributed by atoms with Crippen molar-refractivity contribution in [2.45, 2.75) is 52.4 Å². The van der Waals surface area contributed by atoms with Crippen LogP contribution in [-0.2, 0) is 10.8 Å². The number of nitrogens with zero attached hydrogens (tertiary/aromatic N) is 6. The van der Waals surface area contributed by atoms with Gasteiger partial charge in [-0.2, -0.15) is 0 Å². The molecule has 0 atom stereocenters. The molecule has 0 N–H and O–H groups in total. The van der Waals surface area contributed by atoms with Crippen molar-refractivity contribution in [2.75, 3.05) is 29.4 Å². The van der Waals surface area contributed by atoms with Crippen molar-refractivity contribution in [3.63, 3.8) is 0 Å². The lowest BCUT2D eigenvalue weighted by Crippen LogP contribution is -2.65. The Kier molecular flexibility index (Phi) is 13.5. The Morgan fingerprint density at radius 1 is 0.223 bits per heavy atom. The fourth-order valence-corrected chi connectivity index (χ4v) is 15.3. The Bertz CT molecular complexity index is 4610. The van der Waals surface area contributed by atoms with Gasteiger partial charge in [0, 0.05) is 91.0 Å². The Labute approximate surface area is 553 Å². The third-order valence-electron chi connectivity index (χ3n) is 19.6. The number of benzene rings is 13. The van der Waals surface area contributed by atoms with Crippen molar-refractivity contribution in [3.8, 4) is 0 Å². The van der Waals surface area contributed by atoms with Gasteiger partial charge in [0.25, 0.3) is 13.4 Å². The lowest BCUT2D eigenvalue weighted by Gasteiger charge is -2.48. The molecule has 0 saturated heterocycles. The number of anilines is 18. The van der Waals surface area contributed by atoms with Gasteiger partial charge in [-0.15, -0.1) is 0 Å². The predicted octanol–water partition coefficient (Wildman–Crippen LogP) is 19.4. The van der Waals surface area contributed by atoms with E-state index in [1.807, 2.05) is 0 Å². The first-order valence-electron chi connectivity index (χ1n) is 33.0. The molecule has 13 aromatic carbocycles. The van der Waals surface area contributed by atoms with E-state index in [0.717, 1.165) is 102 Å². The second-order valence-corrected chi connectivity index (χ2v) is 27.4. The molecule has 0 aliphatic carbocycles. The molecular weight excluding hydrogens is 1140 g/mol. The Morgan fingerprint density at radius 3 is 0.798 bits per heavy atom. The highest BCUT2D eigenvalue weighted by atomic mass is 15.2. The van der Waals surface area contributed by atoms with Gasteiger partial charge in [-0.25, -0.2) is 0 Å². The zero-order valence-corrected chi connectivity index (χ0v) is 53.9. The molecule has 0 bridgehead atoms. The summed E-state index contributed by atoms with van der Waals surface area (Å²) in [5, 5.41) is 0. The summed E-state index contributed by atoms with van der Waals surface area (Å²) in [5.74, 6) is 0. The number of hydrogen-bond acceptors (Lipinski definition) is 6. The molecule has 0 fully saturated rings. The van der Waals surface area contributed by atoms with E-state index < -0.39 is 0 Å². The summed E-state index contributed by atoms with van der Waals surface area (Å²) in [4.78, 5) is 15.1. The summed E-state index contributed by atoms with van der Waals surface area (Å²) in [6.45, 7) is 13.5. The maximum atomic E-state index is 2.65. The molecule has 13 aromatic rings. The van der Waals surface area contributed by atoms with Crippen LogP contribution in [0.1, 0.15) is 52.7 Å².